The molecule has 3 aromatic heterocycles. The molecule has 0 bridgehead atoms. The Morgan fingerprint density at radius 3 is 2.74 bits per heavy atom. The van der Waals surface area contributed by atoms with Crippen LogP contribution < -0.4 is 5.73 Å². The Kier molecular flexibility index (Phi) is 2.71. The molecule has 0 fully saturated rings. The van der Waals surface area contributed by atoms with E-state index in [1.54, 1.807) is 42.0 Å². The van der Waals surface area contributed by atoms with Crippen molar-refractivity contribution in [1.82, 2.24) is 24.1 Å². The molecule has 23 heavy (non-hydrogen) atoms. The molecule has 7 heteroatoms. The normalized spacial score (nSPS) is 11.4. The minimum absolute atomic E-state index is 0.155. The molecule has 0 atom stereocenters. The van der Waals surface area contributed by atoms with Gasteiger partial charge in [0.1, 0.15) is 11.6 Å². The number of carbonyl (C=O) groups excluding carboxylic acids is 1. The fourth-order valence-electron chi connectivity index (χ4n) is 2.75. The van der Waals surface area contributed by atoms with Gasteiger partial charge in [-0.25, -0.2) is 4.98 Å². The van der Waals surface area contributed by atoms with Gasteiger partial charge in [0.05, 0.1) is 11.0 Å². The van der Waals surface area contributed by atoms with E-state index in [2.05, 4.69) is 15.2 Å². The number of imidazole rings is 1. The molecule has 0 saturated carbocycles. The number of nitrogen functional groups attached to an aromatic ring is 1. The Morgan fingerprint density at radius 2 is 1.91 bits per heavy atom. The van der Waals surface area contributed by atoms with Crippen LogP contribution in [0.4, 0.5) is 5.69 Å². The molecule has 0 radical (unpaired) electrons. The first kappa shape index (κ1) is 13.4. The second kappa shape index (κ2) is 4.64. The zero-order valence-electron chi connectivity index (χ0n) is 12.7. The van der Waals surface area contributed by atoms with Crippen LogP contribution in [0.25, 0.3) is 16.7 Å². The highest BCUT2D eigenvalue weighted by atomic mass is 16.2. The highest BCUT2D eigenvalue weighted by Gasteiger charge is 2.17. The van der Waals surface area contributed by atoms with E-state index in [9.17, 15) is 4.79 Å². The lowest BCUT2D eigenvalue weighted by Gasteiger charge is -2.06. The van der Waals surface area contributed by atoms with E-state index in [4.69, 9.17) is 5.73 Å². The zero-order chi connectivity index (χ0) is 16.1. The van der Waals surface area contributed by atoms with Crippen molar-refractivity contribution in [3.8, 4) is 0 Å². The molecule has 0 saturated heterocycles. The summed E-state index contributed by atoms with van der Waals surface area (Å²) < 4.78 is 3.42. The molecule has 3 heterocycles. The first-order valence-corrected chi connectivity index (χ1v) is 7.15. The number of pyridine rings is 1. The van der Waals surface area contributed by atoms with Crippen LogP contribution in [0.3, 0.4) is 0 Å². The SMILES string of the molecule is Cc1nc2cc(N)ccc2n1C(=O)c1ccn2c(C)nnc2c1. The predicted molar refractivity (Wildman–Crippen MR) is 86.3 cm³/mol. The van der Waals surface area contributed by atoms with E-state index < -0.39 is 0 Å². The van der Waals surface area contributed by atoms with Gasteiger partial charge < -0.3 is 5.73 Å². The summed E-state index contributed by atoms with van der Waals surface area (Å²) in [5, 5.41) is 8.06. The summed E-state index contributed by atoms with van der Waals surface area (Å²) >= 11 is 0. The molecule has 0 amide bonds. The number of hydrogen-bond acceptors (Lipinski definition) is 5. The molecule has 1 aromatic carbocycles. The second-order valence-corrected chi connectivity index (χ2v) is 5.44. The Hall–Kier alpha value is -3.22. The van der Waals surface area contributed by atoms with E-state index in [-0.39, 0.29) is 5.91 Å². The lowest BCUT2D eigenvalue weighted by atomic mass is 10.2. The Morgan fingerprint density at radius 1 is 1.09 bits per heavy atom. The number of nitrogens with two attached hydrogens (primary N) is 1. The van der Waals surface area contributed by atoms with Gasteiger partial charge in [-0.15, -0.1) is 10.2 Å². The van der Waals surface area contributed by atoms with Crippen molar-refractivity contribution in [2.45, 2.75) is 13.8 Å². The lowest BCUT2D eigenvalue weighted by Crippen LogP contribution is -2.14. The number of aryl methyl sites for hydroxylation is 2. The van der Waals surface area contributed by atoms with E-state index in [1.165, 1.54) is 0 Å². The molecule has 0 unspecified atom stereocenters. The summed E-state index contributed by atoms with van der Waals surface area (Å²) in [6, 6.07) is 8.82. The van der Waals surface area contributed by atoms with Crippen molar-refractivity contribution in [2.75, 3.05) is 5.73 Å². The number of aromatic nitrogens is 5. The van der Waals surface area contributed by atoms with Gasteiger partial charge in [-0.1, -0.05) is 0 Å². The third-order valence-electron chi connectivity index (χ3n) is 3.88. The number of carbonyl (C=O) groups is 1. The van der Waals surface area contributed by atoms with Crippen LogP contribution in [-0.2, 0) is 0 Å². The van der Waals surface area contributed by atoms with Crippen molar-refractivity contribution in [2.24, 2.45) is 0 Å². The Bertz CT molecular complexity index is 1080. The van der Waals surface area contributed by atoms with E-state index in [1.807, 2.05) is 17.4 Å². The Labute approximate surface area is 131 Å². The predicted octanol–water partition coefficient (Wildman–Crippen LogP) is 1.97. The molecule has 114 valence electrons. The number of anilines is 1. The summed E-state index contributed by atoms with van der Waals surface area (Å²) in [5.41, 5.74) is 9.01. The summed E-state index contributed by atoms with van der Waals surface area (Å²) in [4.78, 5) is 17.3. The molecule has 7 nitrogen and oxygen atoms in total. The summed E-state index contributed by atoms with van der Waals surface area (Å²) in [6.07, 6.45) is 1.80. The smallest absolute Gasteiger partial charge is 0.264 e. The fraction of sp³-hybridized carbons (Fsp3) is 0.125. The molecule has 2 N–H and O–H groups in total. The van der Waals surface area contributed by atoms with Crippen molar-refractivity contribution in [3.63, 3.8) is 0 Å². The highest BCUT2D eigenvalue weighted by molar-refractivity contribution is 6.02. The number of hydrogen-bond donors (Lipinski definition) is 1. The molecule has 0 aliphatic rings. The van der Waals surface area contributed by atoms with Crippen LogP contribution in [0.2, 0.25) is 0 Å². The van der Waals surface area contributed by atoms with E-state index in [0.717, 1.165) is 11.3 Å². The number of rotatable bonds is 1. The van der Waals surface area contributed by atoms with Crippen molar-refractivity contribution in [3.05, 3.63) is 53.7 Å². The van der Waals surface area contributed by atoms with Crippen molar-refractivity contribution in [1.29, 1.82) is 0 Å². The highest BCUT2D eigenvalue weighted by Crippen LogP contribution is 2.20. The van der Waals surface area contributed by atoms with Gasteiger partial charge in [-0.3, -0.25) is 13.8 Å². The summed E-state index contributed by atoms with van der Waals surface area (Å²) in [6.45, 7) is 3.66. The monoisotopic (exact) mass is 306 g/mol. The average Bonchev–Trinajstić information content (AvgIpc) is 3.05. The molecule has 4 rings (SSSR count). The van der Waals surface area contributed by atoms with Crippen LogP contribution in [0.1, 0.15) is 22.0 Å². The van der Waals surface area contributed by atoms with Crippen molar-refractivity contribution < 1.29 is 4.79 Å². The zero-order valence-corrected chi connectivity index (χ0v) is 12.7. The Balaban J connectivity index is 1.88. The van der Waals surface area contributed by atoms with Crippen molar-refractivity contribution >= 4 is 28.3 Å². The first-order chi connectivity index (χ1) is 11.0. The lowest BCUT2D eigenvalue weighted by molar-refractivity contribution is 0.0962. The molecule has 4 aromatic rings. The van der Waals surface area contributed by atoms with Gasteiger partial charge in [0.15, 0.2) is 5.65 Å². The quantitative estimate of drug-likeness (QED) is 0.543. The van der Waals surface area contributed by atoms with E-state index >= 15 is 0 Å². The third-order valence-corrected chi connectivity index (χ3v) is 3.88. The van der Waals surface area contributed by atoms with Crippen LogP contribution in [0, 0.1) is 13.8 Å². The van der Waals surface area contributed by atoms with Gasteiger partial charge >= 0.3 is 0 Å². The molecule has 0 aliphatic heterocycles. The number of nitrogens with zero attached hydrogens (tertiary/aromatic N) is 5. The molecule has 0 aliphatic carbocycles. The maximum Gasteiger partial charge on any atom is 0.264 e. The van der Waals surface area contributed by atoms with Crippen LogP contribution >= 0.6 is 0 Å². The van der Waals surface area contributed by atoms with Crippen LogP contribution in [0.15, 0.2) is 36.5 Å². The van der Waals surface area contributed by atoms with Gasteiger partial charge in [0, 0.05) is 17.4 Å². The second-order valence-electron chi connectivity index (χ2n) is 5.44. The summed E-state index contributed by atoms with van der Waals surface area (Å²) in [7, 11) is 0. The van der Waals surface area contributed by atoms with Gasteiger partial charge in [-0.2, -0.15) is 0 Å². The minimum atomic E-state index is -0.155. The third kappa shape index (κ3) is 1.97. The molecule has 0 spiro atoms. The standard InChI is InChI=1S/C16H14N6O/c1-9-18-13-8-12(17)3-4-14(13)22(9)16(23)11-5-6-21-10(2)19-20-15(21)7-11/h3-8H,17H2,1-2H3. The van der Waals surface area contributed by atoms with Gasteiger partial charge in [0.2, 0.25) is 0 Å². The topological polar surface area (TPSA) is 91.1 Å². The maximum atomic E-state index is 12.9. The molecular formula is C16H14N6O. The first-order valence-electron chi connectivity index (χ1n) is 7.15. The van der Waals surface area contributed by atoms with Gasteiger partial charge in [-0.05, 0) is 44.2 Å². The van der Waals surface area contributed by atoms with E-state index in [0.29, 0.717) is 28.2 Å². The largest absolute Gasteiger partial charge is 0.399 e. The molecular weight excluding hydrogens is 292 g/mol. The number of benzene rings is 1. The minimum Gasteiger partial charge on any atom is -0.399 e. The fourth-order valence-corrected chi connectivity index (χ4v) is 2.75. The van der Waals surface area contributed by atoms with Crippen LogP contribution in [-0.4, -0.2) is 30.1 Å². The maximum absolute atomic E-state index is 12.9. The average molecular weight is 306 g/mol. The summed E-state index contributed by atoms with van der Waals surface area (Å²) in [5.74, 6) is 1.24. The van der Waals surface area contributed by atoms with Crippen LogP contribution in [0.5, 0.6) is 0 Å². The van der Waals surface area contributed by atoms with Gasteiger partial charge in [0.25, 0.3) is 5.91 Å². The number of fused-ring (bicyclic) bond motifs is 2.